The van der Waals surface area contributed by atoms with E-state index in [1.165, 1.54) is 6.07 Å². The number of hydrogen-bond donors (Lipinski definition) is 2. The van der Waals surface area contributed by atoms with E-state index in [1.807, 2.05) is 11.8 Å². The summed E-state index contributed by atoms with van der Waals surface area (Å²) < 4.78 is 0. The Labute approximate surface area is 159 Å². The zero-order valence-corrected chi connectivity index (χ0v) is 15.9. The highest BCUT2D eigenvalue weighted by atomic mass is 16.3. The smallest absolute Gasteiger partial charge is 0.255 e. The molecule has 2 heterocycles. The Morgan fingerprint density at radius 3 is 2.81 bits per heavy atom. The van der Waals surface area contributed by atoms with Crippen molar-refractivity contribution in [1.82, 2.24) is 15.1 Å². The van der Waals surface area contributed by atoms with Gasteiger partial charge in [-0.2, -0.15) is 0 Å². The molecular formula is C20H27N3O4. The van der Waals surface area contributed by atoms with E-state index in [9.17, 15) is 19.5 Å². The monoisotopic (exact) mass is 373 g/mol. The second-order valence-corrected chi connectivity index (χ2v) is 7.67. The van der Waals surface area contributed by atoms with Gasteiger partial charge in [-0.1, -0.05) is 11.6 Å². The number of likely N-dealkylation sites (tertiary alicyclic amines) is 2. The van der Waals surface area contributed by atoms with Crippen molar-refractivity contribution in [2.75, 3.05) is 26.2 Å². The van der Waals surface area contributed by atoms with Crippen molar-refractivity contribution < 1.29 is 19.5 Å². The van der Waals surface area contributed by atoms with Gasteiger partial charge in [-0.3, -0.25) is 14.4 Å². The maximum atomic E-state index is 12.4. The van der Waals surface area contributed by atoms with Gasteiger partial charge in [0.05, 0.1) is 11.6 Å². The number of phenolic OH excluding ortho intramolecular Hbond substituents is 1. The summed E-state index contributed by atoms with van der Waals surface area (Å²) in [6, 6.07) is 4.61. The predicted molar refractivity (Wildman–Crippen MR) is 100 cm³/mol. The Kier molecular flexibility index (Phi) is 5.68. The van der Waals surface area contributed by atoms with E-state index in [-0.39, 0.29) is 47.4 Å². The number of carbonyl (C=O) groups is 3. The number of rotatable bonds is 4. The van der Waals surface area contributed by atoms with Crippen LogP contribution in [0.1, 0.15) is 42.1 Å². The summed E-state index contributed by atoms with van der Waals surface area (Å²) in [5.41, 5.74) is 1.11. The van der Waals surface area contributed by atoms with Gasteiger partial charge in [-0.15, -0.1) is 0 Å². The van der Waals surface area contributed by atoms with Crippen molar-refractivity contribution in [3.05, 3.63) is 29.3 Å². The number of carbonyl (C=O) groups excluding carboxylic acids is 3. The minimum absolute atomic E-state index is 0.0220. The number of aryl methyl sites for hydroxylation is 1. The third kappa shape index (κ3) is 4.59. The summed E-state index contributed by atoms with van der Waals surface area (Å²) >= 11 is 0. The second-order valence-electron chi connectivity index (χ2n) is 7.67. The highest BCUT2D eigenvalue weighted by Gasteiger charge is 2.33. The largest absolute Gasteiger partial charge is 0.507 e. The van der Waals surface area contributed by atoms with Gasteiger partial charge in [0.15, 0.2) is 0 Å². The van der Waals surface area contributed by atoms with Crippen LogP contribution in [0.3, 0.4) is 0 Å². The molecule has 2 saturated heterocycles. The van der Waals surface area contributed by atoms with Gasteiger partial charge >= 0.3 is 0 Å². The van der Waals surface area contributed by atoms with Gasteiger partial charge in [-0.05, 0) is 37.8 Å². The molecule has 3 amide bonds. The Hall–Kier alpha value is -2.57. The number of piperidine rings is 1. The molecule has 1 aromatic rings. The molecule has 2 atom stereocenters. The Bertz CT molecular complexity index is 749. The summed E-state index contributed by atoms with van der Waals surface area (Å²) in [4.78, 5) is 40.0. The maximum absolute atomic E-state index is 12.4. The first-order valence-electron chi connectivity index (χ1n) is 9.47. The Balaban J connectivity index is 1.56. The number of phenols is 1. The van der Waals surface area contributed by atoms with Crippen molar-refractivity contribution in [3.8, 4) is 5.75 Å². The van der Waals surface area contributed by atoms with Gasteiger partial charge in [0.1, 0.15) is 5.75 Å². The summed E-state index contributed by atoms with van der Waals surface area (Å²) in [5.74, 6) is -0.0480. The van der Waals surface area contributed by atoms with Gasteiger partial charge in [0.25, 0.3) is 5.91 Å². The summed E-state index contributed by atoms with van der Waals surface area (Å²) in [5, 5.41) is 12.8. The van der Waals surface area contributed by atoms with E-state index >= 15 is 0 Å². The topological polar surface area (TPSA) is 90.0 Å². The number of benzene rings is 1. The first-order chi connectivity index (χ1) is 12.8. The van der Waals surface area contributed by atoms with Gasteiger partial charge in [0.2, 0.25) is 11.8 Å². The Morgan fingerprint density at radius 1 is 1.30 bits per heavy atom. The lowest BCUT2D eigenvalue weighted by Crippen LogP contribution is -2.44. The molecule has 27 heavy (non-hydrogen) atoms. The maximum Gasteiger partial charge on any atom is 0.255 e. The molecule has 2 unspecified atom stereocenters. The first kappa shape index (κ1) is 19.2. The summed E-state index contributed by atoms with van der Waals surface area (Å²) in [6.45, 7) is 5.99. The van der Waals surface area contributed by atoms with Crippen LogP contribution in [0.15, 0.2) is 18.2 Å². The van der Waals surface area contributed by atoms with Crippen LogP contribution < -0.4 is 5.32 Å². The third-order valence-corrected chi connectivity index (χ3v) is 5.39. The first-order valence-corrected chi connectivity index (χ1v) is 9.47. The molecule has 1 aromatic carbocycles. The molecule has 0 aliphatic carbocycles. The lowest BCUT2D eigenvalue weighted by Gasteiger charge is -2.34. The quantitative estimate of drug-likeness (QED) is 0.832. The van der Waals surface area contributed by atoms with Gasteiger partial charge < -0.3 is 20.2 Å². The molecule has 7 heteroatoms. The lowest BCUT2D eigenvalue weighted by molar-refractivity contribution is -0.131. The number of amides is 3. The SMILES string of the molecule is CC(=O)N1CCCC(CN2CC(NC(=O)c3cc(C)ccc3O)CC2=O)C1. The van der Waals surface area contributed by atoms with Gasteiger partial charge in [-0.25, -0.2) is 0 Å². The van der Waals surface area contributed by atoms with Crippen molar-refractivity contribution in [2.45, 2.75) is 39.2 Å². The number of nitrogens with zero attached hydrogens (tertiary/aromatic N) is 2. The summed E-state index contributed by atoms with van der Waals surface area (Å²) in [7, 11) is 0. The highest BCUT2D eigenvalue weighted by molar-refractivity contribution is 5.97. The van der Waals surface area contributed by atoms with Crippen molar-refractivity contribution in [3.63, 3.8) is 0 Å². The highest BCUT2D eigenvalue weighted by Crippen LogP contribution is 2.22. The minimum Gasteiger partial charge on any atom is -0.507 e. The van der Waals surface area contributed by atoms with Crippen LogP contribution in [0.4, 0.5) is 0 Å². The molecule has 2 aliphatic rings. The second kappa shape index (κ2) is 7.98. The fourth-order valence-corrected chi connectivity index (χ4v) is 3.95. The molecule has 7 nitrogen and oxygen atoms in total. The lowest BCUT2D eigenvalue weighted by atomic mass is 9.97. The molecule has 0 spiro atoms. The molecule has 3 rings (SSSR count). The molecule has 2 fully saturated rings. The number of aromatic hydroxyl groups is 1. The van der Waals surface area contributed by atoms with E-state index < -0.39 is 0 Å². The van der Waals surface area contributed by atoms with Crippen molar-refractivity contribution in [2.24, 2.45) is 5.92 Å². The van der Waals surface area contributed by atoms with Crippen LogP contribution in [0.2, 0.25) is 0 Å². The number of nitrogens with one attached hydrogen (secondary N) is 1. The van der Waals surface area contributed by atoms with Crippen LogP contribution in [0, 0.1) is 12.8 Å². The van der Waals surface area contributed by atoms with Crippen LogP contribution >= 0.6 is 0 Å². The normalized spacial score (nSPS) is 22.8. The van der Waals surface area contributed by atoms with Crippen LogP contribution in [-0.2, 0) is 9.59 Å². The fourth-order valence-electron chi connectivity index (χ4n) is 3.95. The molecule has 146 valence electrons. The standard InChI is InChI=1S/C20H27N3O4/c1-13-5-6-18(25)17(8-13)20(27)21-16-9-19(26)23(12-16)11-15-4-3-7-22(10-15)14(2)24/h5-6,8,15-16,25H,3-4,7,9-12H2,1-2H3,(H,21,27). The zero-order chi connectivity index (χ0) is 19.6. The van der Waals surface area contributed by atoms with Crippen LogP contribution in [0.25, 0.3) is 0 Å². The Morgan fingerprint density at radius 2 is 2.07 bits per heavy atom. The third-order valence-electron chi connectivity index (χ3n) is 5.39. The molecule has 2 N–H and O–H groups in total. The predicted octanol–water partition coefficient (Wildman–Crippen LogP) is 1.29. The van der Waals surface area contributed by atoms with E-state index in [2.05, 4.69) is 5.32 Å². The van der Waals surface area contributed by atoms with Crippen molar-refractivity contribution >= 4 is 17.7 Å². The average molecular weight is 373 g/mol. The van der Waals surface area contributed by atoms with Crippen LogP contribution in [-0.4, -0.2) is 64.8 Å². The average Bonchev–Trinajstić information content (AvgIpc) is 2.96. The molecular weight excluding hydrogens is 346 g/mol. The molecule has 0 radical (unpaired) electrons. The minimum atomic E-state index is -0.365. The number of hydrogen-bond acceptors (Lipinski definition) is 4. The van der Waals surface area contributed by atoms with E-state index in [4.69, 9.17) is 0 Å². The zero-order valence-electron chi connectivity index (χ0n) is 15.9. The van der Waals surface area contributed by atoms with Gasteiger partial charge in [0, 0.05) is 39.5 Å². The molecule has 2 aliphatic heterocycles. The molecule has 0 aromatic heterocycles. The molecule has 0 bridgehead atoms. The molecule has 0 saturated carbocycles. The van der Waals surface area contributed by atoms with Crippen molar-refractivity contribution in [1.29, 1.82) is 0 Å². The van der Waals surface area contributed by atoms with E-state index in [0.717, 1.165) is 24.9 Å². The fraction of sp³-hybridized carbons (Fsp3) is 0.550. The van der Waals surface area contributed by atoms with E-state index in [1.54, 1.807) is 24.0 Å². The van der Waals surface area contributed by atoms with E-state index in [0.29, 0.717) is 19.6 Å². The summed E-state index contributed by atoms with van der Waals surface area (Å²) in [6.07, 6.45) is 2.22. The van der Waals surface area contributed by atoms with Crippen LogP contribution in [0.5, 0.6) is 5.75 Å².